The molecule has 0 spiro atoms. The molecule has 0 radical (unpaired) electrons. The van der Waals surface area contributed by atoms with Crippen molar-refractivity contribution in [2.75, 3.05) is 13.1 Å². The van der Waals surface area contributed by atoms with Crippen molar-refractivity contribution >= 4 is 5.91 Å². The number of hydrogen-bond donors (Lipinski definition) is 0. The maximum absolute atomic E-state index is 12.3. The zero-order chi connectivity index (χ0) is 14.6. The lowest BCUT2D eigenvalue weighted by Crippen LogP contribution is -2.36. The van der Waals surface area contributed by atoms with E-state index in [9.17, 15) is 18.0 Å². The molecule has 1 saturated heterocycles. The van der Waals surface area contributed by atoms with Gasteiger partial charge in [0.1, 0.15) is 6.42 Å². The van der Waals surface area contributed by atoms with E-state index in [2.05, 4.69) is 0 Å². The van der Waals surface area contributed by atoms with Gasteiger partial charge in [0.2, 0.25) is 5.91 Å². The van der Waals surface area contributed by atoms with E-state index in [-0.39, 0.29) is 5.92 Å². The number of likely N-dealkylation sites (tertiary alicyclic amines) is 1. The number of hydrogen-bond acceptors (Lipinski definition) is 1. The molecule has 2 rings (SSSR count). The lowest BCUT2D eigenvalue weighted by Gasteiger charge is -2.25. The van der Waals surface area contributed by atoms with Crippen LogP contribution in [0.1, 0.15) is 37.2 Å². The van der Waals surface area contributed by atoms with Crippen LogP contribution in [-0.4, -0.2) is 30.1 Å². The van der Waals surface area contributed by atoms with Crippen molar-refractivity contribution in [2.24, 2.45) is 0 Å². The van der Waals surface area contributed by atoms with Gasteiger partial charge in [0.05, 0.1) is 0 Å². The fourth-order valence-electron chi connectivity index (χ4n) is 2.65. The van der Waals surface area contributed by atoms with Crippen molar-refractivity contribution in [1.82, 2.24) is 4.90 Å². The Morgan fingerprint density at radius 1 is 1.20 bits per heavy atom. The lowest BCUT2D eigenvalue weighted by molar-refractivity contribution is -0.161. The van der Waals surface area contributed by atoms with Gasteiger partial charge in [-0.05, 0) is 18.4 Å². The van der Waals surface area contributed by atoms with E-state index >= 15 is 0 Å². The summed E-state index contributed by atoms with van der Waals surface area (Å²) in [6, 6.07) is 9.70. The van der Waals surface area contributed by atoms with Crippen molar-refractivity contribution in [1.29, 1.82) is 0 Å². The highest BCUT2D eigenvalue weighted by molar-refractivity contribution is 5.77. The molecule has 0 bridgehead atoms. The van der Waals surface area contributed by atoms with Gasteiger partial charge in [0, 0.05) is 19.0 Å². The van der Waals surface area contributed by atoms with Gasteiger partial charge >= 0.3 is 6.18 Å². The molecule has 1 fully saturated rings. The number of nitrogens with zero attached hydrogens (tertiary/aromatic N) is 1. The maximum Gasteiger partial charge on any atom is 0.397 e. The van der Waals surface area contributed by atoms with Gasteiger partial charge in [-0.15, -0.1) is 0 Å². The van der Waals surface area contributed by atoms with Crippen LogP contribution in [0, 0.1) is 0 Å². The Balaban J connectivity index is 2.05. The molecule has 0 saturated carbocycles. The van der Waals surface area contributed by atoms with E-state index in [4.69, 9.17) is 0 Å². The second-order valence-corrected chi connectivity index (χ2v) is 5.24. The Bertz CT molecular complexity index is 444. The lowest BCUT2D eigenvalue weighted by atomic mass is 9.94. The molecule has 1 aromatic rings. The first-order valence-corrected chi connectivity index (χ1v) is 6.85. The Hall–Kier alpha value is -1.52. The predicted molar refractivity (Wildman–Crippen MR) is 70.3 cm³/mol. The first-order chi connectivity index (χ1) is 9.46. The van der Waals surface area contributed by atoms with Gasteiger partial charge in [0.25, 0.3) is 0 Å². The first-order valence-electron chi connectivity index (χ1n) is 6.85. The van der Waals surface area contributed by atoms with Crippen LogP contribution in [0.25, 0.3) is 0 Å². The SMILES string of the molecule is O=C(CC(F)(F)F)N1CCCCC(c2ccccc2)C1. The van der Waals surface area contributed by atoms with E-state index in [0.717, 1.165) is 24.8 Å². The van der Waals surface area contributed by atoms with Crippen molar-refractivity contribution in [3.63, 3.8) is 0 Å². The highest BCUT2D eigenvalue weighted by atomic mass is 19.4. The summed E-state index contributed by atoms with van der Waals surface area (Å²) in [7, 11) is 0. The van der Waals surface area contributed by atoms with E-state index in [0.29, 0.717) is 13.1 Å². The highest BCUT2D eigenvalue weighted by Gasteiger charge is 2.34. The quantitative estimate of drug-likeness (QED) is 0.810. The normalized spacial score (nSPS) is 20.6. The largest absolute Gasteiger partial charge is 0.397 e. The number of halogens is 3. The number of carbonyl (C=O) groups excluding carboxylic acids is 1. The van der Waals surface area contributed by atoms with Crippen molar-refractivity contribution in [3.05, 3.63) is 35.9 Å². The molecule has 1 atom stereocenters. The smallest absolute Gasteiger partial charge is 0.342 e. The summed E-state index contributed by atoms with van der Waals surface area (Å²) < 4.78 is 37.0. The number of amides is 1. The highest BCUT2D eigenvalue weighted by Crippen LogP contribution is 2.28. The van der Waals surface area contributed by atoms with Crippen molar-refractivity contribution in [2.45, 2.75) is 37.8 Å². The number of carbonyl (C=O) groups is 1. The molecule has 20 heavy (non-hydrogen) atoms. The molecule has 1 aliphatic heterocycles. The van der Waals surface area contributed by atoms with Crippen LogP contribution in [0.5, 0.6) is 0 Å². The number of rotatable bonds is 2. The molecular weight excluding hydrogens is 267 g/mol. The fourth-order valence-corrected chi connectivity index (χ4v) is 2.65. The number of alkyl halides is 3. The van der Waals surface area contributed by atoms with Gasteiger partial charge in [-0.25, -0.2) is 0 Å². The molecule has 0 N–H and O–H groups in total. The van der Waals surface area contributed by atoms with E-state index < -0.39 is 18.5 Å². The third kappa shape index (κ3) is 4.25. The summed E-state index contributed by atoms with van der Waals surface area (Å²) in [6.45, 7) is 0.817. The predicted octanol–water partition coefficient (Wildman–Crippen LogP) is 3.74. The van der Waals surface area contributed by atoms with Crippen LogP contribution >= 0.6 is 0 Å². The molecule has 1 amide bonds. The molecule has 0 aliphatic carbocycles. The van der Waals surface area contributed by atoms with Gasteiger partial charge < -0.3 is 4.90 Å². The third-order valence-electron chi connectivity index (χ3n) is 3.65. The molecule has 1 aromatic carbocycles. The summed E-state index contributed by atoms with van der Waals surface area (Å²) in [4.78, 5) is 13.1. The topological polar surface area (TPSA) is 20.3 Å². The Morgan fingerprint density at radius 3 is 2.55 bits per heavy atom. The Labute approximate surface area is 116 Å². The summed E-state index contributed by atoms with van der Waals surface area (Å²) in [6.07, 6.45) is -3.15. The molecule has 2 nitrogen and oxygen atoms in total. The average Bonchev–Trinajstić information content (AvgIpc) is 2.63. The standard InChI is InChI=1S/C15H18F3NO/c16-15(17,18)10-14(20)19-9-5-4-8-13(11-19)12-6-2-1-3-7-12/h1-3,6-7,13H,4-5,8-11H2. The minimum atomic E-state index is -4.42. The molecule has 0 aromatic heterocycles. The molecule has 1 aliphatic rings. The van der Waals surface area contributed by atoms with Gasteiger partial charge in [-0.1, -0.05) is 36.8 Å². The first kappa shape index (κ1) is 14.9. The van der Waals surface area contributed by atoms with Crippen LogP contribution < -0.4 is 0 Å². The molecular formula is C15H18F3NO. The molecule has 110 valence electrons. The van der Waals surface area contributed by atoms with Crippen LogP contribution in [0.3, 0.4) is 0 Å². The molecule has 1 unspecified atom stereocenters. The van der Waals surface area contributed by atoms with E-state index in [1.165, 1.54) is 4.90 Å². The third-order valence-corrected chi connectivity index (χ3v) is 3.65. The second-order valence-electron chi connectivity index (χ2n) is 5.24. The van der Waals surface area contributed by atoms with E-state index in [1.807, 2.05) is 30.3 Å². The Kier molecular flexibility index (Phi) is 4.68. The minimum absolute atomic E-state index is 0.135. The summed E-state index contributed by atoms with van der Waals surface area (Å²) in [5.41, 5.74) is 1.10. The zero-order valence-corrected chi connectivity index (χ0v) is 11.2. The summed E-state index contributed by atoms with van der Waals surface area (Å²) >= 11 is 0. The Morgan fingerprint density at radius 2 is 1.90 bits per heavy atom. The maximum atomic E-state index is 12.3. The minimum Gasteiger partial charge on any atom is -0.342 e. The number of benzene rings is 1. The van der Waals surface area contributed by atoms with Crippen molar-refractivity contribution < 1.29 is 18.0 Å². The molecule has 5 heteroatoms. The van der Waals surface area contributed by atoms with E-state index in [1.54, 1.807) is 0 Å². The monoisotopic (exact) mass is 285 g/mol. The van der Waals surface area contributed by atoms with Crippen molar-refractivity contribution in [3.8, 4) is 0 Å². The van der Waals surface area contributed by atoms with Gasteiger partial charge in [-0.3, -0.25) is 4.79 Å². The molecule has 1 heterocycles. The van der Waals surface area contributed by atoms with Crippen LogP contribution in [0.4, 0.5) is 13.2 Å². The van der Waals surface area contributed by atoms with Gasteiger partial charge in [-0.2, -0.15) is 13.2 Å². The van der Waals surface area contributed by atoms with Crippen LogP contribution in [0.2, 0.25) is 0 Å². The van der Waals surface area contributed by atoms with Crippen LogP contribution in [-0.2, 0) is 4.79 Å². The second kappa shape index (κ2) is 6.29. The average molecular weight is 285 g/mol. The fraction of sp³-hybridized carbons (Fsp3) is 0.533. The van der Waals surface area contributed by atoms with Gasteiger partial charge in [0.15, 0.2) is 0 Å². The summed E-state index contributed by atoms with van der Waals surface area (Å²) in [5, 5.41) is 0. The summed E-state index contributed by atoms with van der Waals surface area (Å²) in [5.74, 6) is -0.670. The van der Waals surface area contributed by atoms with Crippen LogP contribution in [0.15, 0.2) is 30.3 Å². The zero-order valence-electron chi connectivity index (χ0n) is 11.2.